The maximum Gasteiger partial charge on any atom is 0.181 e. The summed E-state index contributed by atoms with van der Waals surface area (Å²) in [7, 11) is 1.55. The molecule has 0 heterocycles. The lowest BCUT2D eigenvalue weighted by atomic mass is 10.2. The Hall–Kier alpha value is -2.44. The molecule has 3 nitrogen and oxygen atoms in total. The summed E-state index contributed by atoms with van der Waals surface area (Å²) in [6.45, 7) is 2.17. The molecule has 22 heavy (non-hydrogen) atoms. The lowest BCUT2D eigenvalue weighted by Crippen LogP contribution is -1.98. The van der Waals surface area contributed by atoms with E-state index in [9.17, 15) is 0 Å². The van der Waals surface area contributed by atoms with Crippen LogP contribution < -0.4 is 9.47 Å². The zero-order valence-electron chi connectivity index (χ0n) is 12.5. The largest absolute Gasteiger partial charge is 0.493 e. The van der Waals surface area contributed by atoms with E-state index in [1.165, 1.54) is 5.56 Å². The van der Waals surface area contributed by atoms with Gasteiger partial charge in [-0.15, -0.1) is 6.42 Å². The van der Waals surface area contributed by atoms with Crippen molar-refractivity contribution in [2.45, 2.75) is 6.92 Å². The van der Waals surface area contributed by atoms with E-state index < -0.39 is 0 Å². The molecule has 2 rings (SSSR count). The van der Waals surface area contributed by atoms with Crippen molar-refractivity contribution < 1.29 is 9.47 Å². The highest BCUT2D eigenvalue weighted by atomic mass is 35.5. The molecule has 0 aliphatic carbocycles. The SMILES string of the molecule is C#CCOc1c(Cl)cc(C=Nc2ccc(C)cc2)cc1OC. The molecule has 0 N–H and O–H groups in total. The second-order valence-electron chi connectivity index (χ2n) is 4.62. The molecule has 112 valence electrons. The molecule has 4 heteroatoms. The van der Waals surface area contributed by atoms with Gasteiger partial charge in [0.15, 0.2) is 11.5 Å². The third-order valence-electron chi connectivity index (χ3n) is 2.95. The summed E-state index contributed by atoms with van der Waals surface area (Å²) < 4.78 is 10.7. The van der Waals surface area contributed by atoms with Crippen molar-refractivity contribution in [3.8, 4) is 23.8 Å². The van der Waals surface area contributed by atoms with Crippen molar-refractivity contribution in [3.05, 3.63) is 52.5 Å². The topological polar surface area (TPSA) is 30.8 Å². The van der Waals surface area contributed by atoms with E-state index in [0.717, 1.165) is 11.3 Å². The first-order valence-corrected chi connectivity index (χ1v) is 7.06. The van der Waals surface area contributed by atoms with Crippen LogP contribution in [-0.2, 0) is 0 Å². The van der Waals surface area contributed by atoms with Gasteiger partial charge in [-0.2, -0.15) is 0 Å². The summed E-state index contributed by atoms with van der Waals surface area (Å²) in [6, 6.07) is 11.5. The van der Waals surface area contributed by atoms with Gasteiger partial charge in [0.1, 0.15) is 6.61 Å². The monoisotopic (exact) mass is 313 g/mol. The van der Waals surface area contributed by atoms with Crippen molar-refractivity contribution in [1.82, 2.24) is 0 Å². The molecule has 2 aromatic carbocycles. The van der Waals surface area contributed by atoms with Gasteiger partial charge in [0.05, 0.1) is 17.8 Å². The van der Waals surface area contributed by atoms with Crippen LogP contribution >= 0.6 is 11.6 Å². The Morgan fingerprint density at radius 3 is 2.64 bits per heavy atom. The number of terminal acetylenes is 1. The van der Waals surface area contributed by atoms with Crippen LogP contribution in [0.15, 0.2) is 41.4 Å². The van der Waals surface area contributed by atoms with E-state index >= 15 is 0 Å². The highest BCUT2D eigenvalue weighted by Gasteiger charge is 2.11. The van der Waals surface area contributed by atoms with Crippen LogP contribution in [0.25, 0.3) is 0 Å². The van der Waals surface area contributed by atoms with Gasteiger partial charge in [0.2, 0.25) is 0 Å². The Morgan fingerprint density at radius 2 is 2.00 bits per heavy atom. The Morgan fingerprint density at radius 1 is 1.27 bits per heavy atom. The van der Waals surface area contributed by atoms with Crippen molar-refractivity contribution >= 4 is 23.5 Å². The Kier molecular flexibility index (Phi) is 5.46. The maximum atomic E-state index is 6.22. The van der Waals surface area contributed by atoms with Gasteiger partial charge in [-0.1, -0.05) is 35.2 Å². The van der Waals surface area contributed by atoms with Crippen LogP contribution in [0, 0.1) is 19.3 Å². The standard InChI is InChI=1S/C18H16ClNO2/c1-4-9-22-18-16(19)10-14(11-17(18)21-3)12-20-15-7-5-13(2)6-8-15/h1,5-8,10-12H,9H2,2-3H3. The molecule has 0 radical (unpaired) electrons. The molecule has 0 aliphatic heterocycles. The lowest BCUT2D eigenvalue weighted by molar-refractivity contribution is 0.331. The highest BCUT2D eigenvalue weighted by Crippen LogP contribution is 2.36. The van der Waals surface area contributed by atoms with E-state index in [-0.39, 0.29) is 6.61 Å². The van der Waals surface area contributed by atoms with Gasteiger partial charge < -0.3 is 9.47 Å². The van der Waals surface area contributed by atoms with E-state index in [0.29, 0.717) is 16.5 Å². The van der Waals surface area contributed by atoms with E-state index in [4.69, 9.17) is 27.5 Å². The minimum absolute atomic E-state index is 0.132. The van der Waals surface area contributed by atoms with Gasteiger partial charge in [-0.05, 0) is 36.8 Å². The van der Waals surface area contributed by atoms with Crippen LogP contribution in [0.3, 0.4) is 0 Å². The number of halogens is 1. The number of aliphatic imine (C=N–C) groups is 1. The van der Waals surface area contributed by atoms with E-state index in [2.05, 4.69) is 10.9 Å². The van der Waals surface area contributed by atoms with Crippen molar-refractivity contribution in [3.63, 3.8) is 0 Å². The number of hydrogen-bond acceptors (Lipinski definition) is 3. The third-order valence-corrected chi connectivity index (χ3v) is 3.23. The van der Waals surface area contributed by atoms with Gasteiger partial charge in [0.25, 0.3) is 0 Å². The quantitative estimate of drug-likeness (QED) is 0.604. The molecule has 0 aliphatic rings. The molecule has 0 spiro atoms. The number of ether oxygens (including phenoxy) is 2. The summed E-state index contributed by atoms with van der Waals surface area (Å²) in [5.74, 6) is 3.36. The summed E-state index contributed by atoms with van der Waals surface area (Å²) in [6.07, 6.45) is 6.92. The average molecular weight is 314 g/mol. The zero-order chi connectivity index (χ0) is 15.9. The fraction of sp³-hybridized carbons (Fsp3) is 0.167. The lowest BCUT2D eigenvalue weighted by Gasteiger charge is -2.11. The highest BCUT2D eigenvalue weighted by molar-refractivity contribution is 6.32. The minimum Gasteiger partial charge on any atom is -0.493 e. The average Bonchev–Trinajstić information content (AvgIpc) is 2.53. The van der Waals surface area contributed by atoms with Crippen molar-refractivity contribution in [2.24, 2.45) is 4.99 Å². The molecule has 0 atom stereocenters. The third kappa shape index (κ3) is 4.03. The minimum atomic E-state index is 0.132. The summed E-state index contributed by atoms with van der Waals surface area (Å²) in [4.78, 5) is 4.41. The van der Waals surface area contributed by atoms with Crippen LogP contribution in [-0.4, -0.2) is 19.9 Å². The van der Waals surface area contributed by atoms with Gasteiger partial charge in [-0.25, -0.2) is 0 Å². The van der Waals surface area contributed by atoms with Crippen molar-refractivity contribution in [1.29, 1.82) is 0 Å². The first-order chi connectivity index (χ1) is 10.6. The number of aryl methyl sites for hydroxylation is 1. The number of nitrogens with zero attached hydrogens (tertiary/aromatic N) is 1. The molecule has 0 amide bonds. The smallest absolute Gasteiger partial charge is 0.181 e. The molecular formula is C18H16ClNO2. The number of methoxy groups -OCH3 is 1. The molecule has 0 bridgehead atoms. The predicted octanol–water partition coefficient (Wildman–Crippen LogP) is 4.42. The second-order valence-corrected chi connectivity index (χ2v) is 5.03. The second kappa shape index (κ2) is 7.53. The van der Waals surface area contributed by atoms with E-state index in [1.807, 2.05) is 31.2 Å². The van der Waals surface area contributed by atoms with Crippen LogP contribution in [0.5, 0.6) is 11.5 Å². The first kappa shape index (κ1) is 15.9. The summed E-state index contributed by atoms with van der Waals surface area (Å²) in [5, 5.41) is 0.431. The van der Waals surface area contributed by atoms with Gasteiger partial charge in [-0.3, -0.25) is 4.99 Å². The van der Waals surface area contributed by atoms with Crippen LogP contribution in [0.1, 0.15) is 11.1 Å². The van der Waals surface area contributed by atoms with Gasteiger partial charge >= 0.3 is 0 Å². The predicted molar refractivity (Wildman–Crippen MR) is 90.8 cm³/mol. The number of rotatable bonds is 5. The van der Waals surface area contributed by atoms with Crippen LogP contribution in [0.2, 0.25) is 5.02 Å². The van der Waals surface area contributed by atoms with Crippen molar-refractivity contribution in [2.75, 3.05) is 13.7 Å². The van der Waals surface area contributed by atoms with E-state index in [1.54, 1.807) is 25.5 Å². The molecule has 0 saturated heterocycles. The molecule has 0 unspecified atom stereocenters. The number of benzene rings is 2. The Bertz CT molecular complexity index is 715. The van der Waals surface area contributed by atoms with Gasteiger partial charge in [0, 0.05) is 6.21 Å². The normalized spacial score (nSPS) is 10.5. The summed E-state index contributed by atoms with van der Waals surface area (Å²) >= 11 is 6.22. The molecule has 0 fully saturated rings. The number of hydrogen-bond donors (Lipinski definition) is 0. The molecule has 0 saturated carbocycles. The molecular weight excluding hydrogens is 298 g/mol. The molecule has 2 aromatic rings. The summed E-state index contributed by atoms with van der Waals surface area (Å²) in [5.41, 5.74) is 2.88. The fourth-order valence-electron chi connectivity index (χ4n) is 1.85. The first-order valence-electron chi connectivity index (χ1n) is 6.68. The zero-order valence-corrected chi connectivity index (χ0v) is 13.2. The van der Waals surface area contributed by atoms with Crippen LogP contribution in [0.4, 0.5) is 5.69 Å². The maximum absolute atomic E-state index is 6.22. The fourth-order valence-corrected chi connectivity index (χ4v) is 2.12. The Labute approximate surface area is 135 Å². The molecule has 0 aromatic heterocycles. The Balaban J connectivity index is 2.26.